The molecule has 0 aromatic heterocycles. The Kier molecular flexibility index (Phi) is 4.14. The highest BCUT2D eigenvalue weighted by Crippen LogP contribution is 2.38. The van der Waals surface area contributed by atoms with Gasteiger partial charge in [-0.1, -0.05) is 37.1 Å². The highest BCUT2D eigenvalue weighted by Gasteiger charge is 2.43. The van der Waals surface area contributed by atoms with Gasteiger partial charge in [0.25, 0.3) is 0 Å². The first-order valence-corrected chi connectivity index (χ1v) is 8.04. The first kappa shape index (κ1) is 14.7. The van der Waals surface area contributed by atoms with Gasteiger partial charge < -0.3 is 4.74 Å². The molecule has 0 amide bonds. The standard InChI is InChI=1S/C18H25NO2/c1-19(2)18(10-5-6-11-18)17(20)13-16-15-8-4-3-7-14(15)9-12-21-16/h3-4,7-8,16H,5-6,9-13H2,1-2H3. The van der Waals surface area contributed by atoms with Crippen molar-refractivity contribution in [3.05, 3.63) is 35.4 Å². The Morgan fingerprint density at radius 3 is 2.71 bits per heavy atom. The number of likely N-dealkylation sites (N-methyl/N-ethyl adjacent to an activating group) is 1. The number of hydrogen-bond donors (Lipinski definition) is 0. The topological polar surface area (TPSA) is 29.5 Å². The summed E-state index contributed by atoms with van der Waals surface area (Å²) in [4.78, 5) is 15.1. The molecule has 0 bridgehead atoms. The highest BCUT2D eigenvalue weighted by molar-refractivity contribution is 5.89. The monoisotopic (exact) mass is 287 g/mol. The number of rotatable bonds is 4. The quantitative estimate of drug-likeness (QED) is 0.852. The van der Waals surface area contributed by atoms with Crippen LogP contribution in [0.5, 0.6) is 0 Å². The molecule has 21 heavy (non-hydrogen) atoms. The van der Waals surface area contributed by atoms with Crippen LogP contribution in [0.1, 0.15) is 49.3 Å². The zero-order valence-electron chi connectivity index (χ0n) is 13.1. The Labute approximate surface area is 127 Å². The maximum Gasteiger partial charge on any atom is 0.155 e. The minimum atomic E-state index is -0.254. The SMILES string of the molecule is CN(C)C1(C(=O)CC2OCCc3ccccc32)CCCC1. The molecule has 1 aromatic rings. The minimum Gasteiger partial charge on any atom is -0.373 e. The van der Waals surface area contributed by atoms with E-state index in [1.165, 1.54) is 11.1 Å². The van der Waals surface area contributed by atoms with E-state index in [2.05, 4.69) is 23.1 Å². The van der Waals surface area contributed by atoms with E-state index in [-0.39, 0.29) is 11.6 Å². The van der Waals surface area contributed by atoms with E-state index in [1.54, 1.807) is 0 Å². The largest absolute Gasteiger partial charge is 0.373 e. The number of fused-ring (bicyclic) bond motifs is 1. The Morgan fingerprint density at radius 2 is 2.00 bits per heavy atom. The third-order valence-corrected chi connectivity index (χ3v) is 5.27. The van der Waals surface area contributed by atoms with Crippen molar-refractivity contribution >= 4 is 5.78 Å². The first-order chi connectivity index (χ1) is 10.1. The lowest BCUT2D eigenvalue weighted by molar-refractivity contribution is -0.133. The summed E-state index contributed by atoms with van der Waals surface area (Å²) in [5.41, 5.74) is 2.30. The summed E-state index contributed by atoms with van der Waals surface area (Å²) in [6.07, 6.45) is 5.72. The van der Waals surface area contributed by atoms with E-state index in [4.69, 9.17) is 4.74 Å². The molecule has 1 heterocycles. The second-order valence-corrected chi connectivity index (χ2v) is 6.57. The molecule has 1 unspecified atom stereocenters. The van der Waals surface area contributed by atoms with Gasteiger partial charge in [-0.05, 0) is 44.5 Å². The molecule has 1 aliphatic heterocycles. The van der Waals surface area contributed by atoms with Crippen LogP contribution in [0.25, 0.3) is 0 Å². The van der Waals surface area contributed by atoms with Gasteiger partial charge in [0.2, 0.25) is 0 Å². The zero-order valence-corrected chi connectivity index (χ0v) is 13.1. The molecule has 3 rings (SSSR count). The molecule has 1 atom stereocenters. The van der Waals surface area contributed by atoms with Crippen molar-refractivity contribution in [2.45, 2.75) is 50.2 Å². The molecule has 1 fully saturated rings. The number of ketones is 1. The maximum absolute atomic E-state index is 13.0. The summed E-state index contributed by atoms with van der Waals surface area (Å²) in [5.74, 6) is 0.353. The van der Waals surface area contributed by atoms with Crippen molar-refractivity contribution in [1.29, 1.82) is 0 Å². The van der Waals surface area contributed by atoms with E-state index < -0.39 is 0 Å². The van der Waals surface area contributed by atoms with Crippen molar-refractivity contribution < 1.29 is 9.53 Å². The molecule has 3 nitrogen and oxygen atoms in total. The van der Waals surface area contributed by atoms with Gasteiger partial charge in [0.1, 0.15) is 0 Å². The summed E-state index contributed by atoms with van der Waals surface area (Å²) in [6.45, 7) is 0.726. The van der Waals surface area contributed by atoms with Crippen molar-refractivity contribution in [2.24, 2.45) is 0 Å². The number of ether oxygens (including phenoxy) is 1. The van der Waals surface area contributed by atoms with Gasteiger partial charge in [0, 0.05) is 6.42 Å². The number of carbonyl (C=O) groups excluding carboxylic acids is 1. The predicted molar refractivity (Wildman–Crippen MR) is 83.3 cm³/mol. The molecule has 2 aliphatic rings. The lowest BCUT2D eigenvalue weighted by Gasteiger charge is -2.36. The third kappa shape index (κ3) is 2.65. The molecular formula is C18H25NO2. The van der Waals surface area contributed by atoms with Crippen LogP contribution in [0, 0.1) is 0 Å². The molecule has 0 N–H and O–H groups in total. The number of nitrogens with zero attached hydrogens (tertiary/aromatic N) is 1. The van der Waals surface area contributed by atoms with E-state index in [1.807, 2.05) is 20.2 Å². The van der Waals surface area contributed by atoms with Gasteiger partial charge in [0.05, 0.1) is 18.2 Å². The van der Waals surface area contributed by atoms with Crippen LogP contribution in [0.15, 0.2) is 24.3 Å². The first-order valence-electron chi connectivity index (χ1n) is 8.04. The summed E-state index contributed by atoms with van der Waals surface area (Å²) in [5, 5.41) is 0. The molecule has 0 spiro atoms. The summed E-state index contributed by atoms with van der Waals surface area (Å²) in [6, 6.07) is 8.39. The van der Waals surface area contributed by atoms with E-state index in [9.17, 15) is 4.79 Å². The van der Waals surface area contributed by atoms with E-state index in [0.717, 1.165) is 38.7 Å². The van der Waals surface area contributed by atoms with Crippen molar-refractivity contribution in [3.8, 4) is 0 Å². The van der Waals surface area contributed by atoms with E-state index in [0.29, 0.717) is 12.2 Å². The van der Waals surface area contributed by atoms with Crippen molar-refractivity contribution in [3.63, 3.8) is 0 Å². The Morgan fingerprint density at radius 1 is 1.29 bits per heavy atom. The van der Waals surface area contributed by atoms with Crippen LogP contribution in [0.3, 0.4) is 0 Å². The van der Waals surface area contributed by atoms with Crippen LogP contribution in [0.4, 0.5) is 0 Å². The van der Waals surface area contributed by atoms with Gasteiger partial charge >= 0.3 is 0 Å². The van der Waals surface area contributed by atoms with Crippen LogP contribution in [0.2, 0.25) is 0 Å². The number of benzene rings is 1. The lowest BCUT2D eigenvalue weighted by Crippen LogP contribution is -2.49. The second kappa shape index (κ2) is 5.90. The fraction of sp³-hybridized carbons (Fsp3) is 0.611. The Hall–Kier alpha value is -1.19. The van der Waals surface area contributed by atoms with Gasteiger partial charge in [-0.2, -0.15) is 0 Å². The lowest BCUT2D eigenvalue weighted by atomic mass is 9.85. The van der Waals surface area contributed by atoms with Crippen LogP contribution in [-0.2, 0) is 16.0 Å². The molecule has 3 heteroatoms. The minimum absolute atomic E-state index is 0.0557. The predicted octanol–water partition coefficient (Wildman–Crippen LogP) is 3.13. The van der Waals surface area contributed by atoms with Crippen LogP contribution in [-0.4, -0.2) is 36.9 Å². The van der Waals surface area contributed by atoms with Crippen molar-refractivity contribution in [1.82, 2.24) is 4.90 Å². The van der Waals surface area contributed by atoms with Gasteiger partial charge in [-0.25, -0.2) is 0 Å². The van der Waals surface area contributed by atoms with Crippen LogP contribution < -0.4 is 0 Å². The third-order valence-electron chi connectivity index (χ3n) is 5.27. The highest BCUT2D eigenvalue weighted by atomic mass is 16.5. The maximum atomic E-state index is 13.0. The molecule has 1 aromatic carbocycles. The Balaban J connectivity index is 1.79. The summed E-state index contributed by atoms with van der Waals surface area (Å²) >= 11 is 0. The number of carbonyl (C=O) groups is 1. The normalized spacial score (nSPS) is 24.0. The average molecular weight is 287 g/mol. The second-order valence-electron chi connectivity index (χ2n) is 6.57. The van der Waals surface area contributed by atoms with E-state index >= 15 is 0 Å². The molecule has 1 saturated carbocycles. The van der Waals surface area contributed by atoms with Gasteiger partial charge in [-0.3, -0.25) is 9.69 Å². The zero-order chi connectivity index (χ0) is 14.9. The fourth-order valence-corrected chi connectivity index (χ4v) is 3.94. The summed E-state index contributed by atoms with van der Waals surface area (Å²) in [7, 11) is 4.08. The molecule has 0 radical (unpaired) electrons. The van der Waals surface area contributed by atoms with Crippen LogP contribution >= 0.6 is 0 Å². The average Bonchev–Trinajstić information content (AvgIpc) is 2.98. The molecule has 114 valence electrons. The molecule has 1 aliphatic carbocycles. The van der Waals surface area contributed by atoms with Gasteiger partial charge in [0.15, 0.2) is 5.78 Å². The number of hydrogen-bond acceptors (Lipinski definition) is 3. The van der Waals surface area contributed by atoms with Crippen molar-refractivity contribution in [2.75, 3.05) is 20.7 Å². The Bertz CT molecular complexity index is 518. The summed E-state index contributed by atoms with van der Waals surface area (Å²) < 4.78 is 5.92. The molecule has 0 saturated heterocycles. The van der Waals surface area contributed by atoms with Gasteiger partial charge in [-0.15, -0.1) is 0 Å². The molecular weight excluding hydrogens is 262 g/mol. The fourth-order valence-electron chi connectivity index (χ4n) is 3.94. The smallest absolute Gasteiger partial charge is 0.155 e. The number of Topliss-reactive ketones (excluding diaryl/α,β-unsaturated/α-hetero) is 1.